The third kappa shape index (κ3) is 8.01. The Morgan fingerprint density at radius 3 is 2.12 bits per heavy atom. The average molecular weight is 407 g/mol. The number of carbonyl (C=O) groups excluding carboxylic acids is 1. The van der Waals surface area contributed by atoms with Gasteiger partial charge in [0.2, 0.25) is 5.91 Å². The molecular weight excluding hydrogens is 385 g/mol. The van der Waals surface area contributed by atoms with Gasteiger partial charge < -0.3 is 55.4 Å². The molecule has 0 aromatic heterocycles. The Balaban J connectivity index is 0.00000110. The van der Waals surface area contributed by atoms with Crippen molar-refractivity contribution in [1.82, 2.24) is 5.32 Å². The fourth-order valence-electron chi connectivity index (χ4n) is 2.14. The summed E-state index contributed by atoms with van der Waals surface area (Å²) in [7, 11) is -4.64. The Bertz CT molecular complexity index is 530. The summed E-state index contributed by atoms with van der Waals surface area (Å²) in [5, 5.41) is 59.0. The van der Waals surface area contributed by atoms with Gasteiger partial charge in [0.05, 0.1) is 18.8 Å². The van der Waals surface area contributed by atoms with Crippen LogP contribution in [0.1, 0.15) is 13.3 Å². The van der Waals surface area contributed by atoms with Crippen LogP contribution in [0.5, 0.6) is 0 Å². The number of amides is 1. The van der Waals surface area contributed by atoms with E-state index in [4.69, 9.17) is 34.2 Å². The van der Waals surface area contributed by atoms with E-state index in [0.717, 1.165) is 6.92 Å². The van der Waals surface area contributed by atoms with E-state index in [2.05, 4.69) is 5.32 Å². The molecule has 0 aromatic rings. The number of hydrogen-bond acceptors (Lipinski definition) is 9. The van der Waals surface area contributed by atoms with Crippen molar-refractivity contribution < 1.29 is 64.2 Å². The number of carboxylic acid groups (broad SMARTS) is 1. The topological polar surface area (TPSA) is 255 Å². The van der Waals surface area contributed by atoms with Crippen molar-refractivity contribution in [3.63, 3.8) is 0 Å². The highest BCUT2D eigenvalue weighted by Crippen LogP contribution is 2.30. The molecule has 10 N–H and O–H groups in total. The maximum absolute atomic E-state index is 11.1. The van der Waals surface area contributed by atoms with Crippen LogP contribution in [0.3, 0.4) is 0 Å². The van der Waals surface area contributed by atoms with Gasteiger partial charge >= 0.3 is 13.8 Å². The monoisotopic (exact) mass is 407 g/mol. The lowest BCUT2D eigenvalue weighted by Crippen LogP contribution is -2.67. The van der Waals surface area contributed by atoms with E-state index < -0.39 is 69.0 Å². The van der Waals surface area contributed by atoms with Crippen molar-refractivity contribution in [2.75, 3.05) is 6.61 Å². The fourth-order valence-corrected chi connectivity index (χ4v) is 2.14. The molecule has 1 rings (SSSR count). The molecule has 0 aliphatic carbocycles. The molecule has 1 amide bonds. The first-order valence-corrected chi connectivity index (χ1v) is 8.53. The largest absolute Gasteiger partial charge is 0.477 e. The molecule has 1 heterocycles. The first-order chi connectivity index (χ1) is 11.6. The summed E-state index contributed by atoms with van der Waals surface area (Å²) in [5.41, 5.74) is 0. The Hall–Kier alpha value is -1.19. The number of carbonyl (C=O) groups is 2. The lowest BCUT2D eigenvalue weighted by atomic mass is 9.88. The second-order valence-corrected chi connectivity index (χ2v) is 6.45. The smallest absolute Gasteiger partial charge is 0.466 e. The van der Waals surface area contributed by atoms with E-state index >= 15 is 0 Å². The normalized spacial score (nSPS) is 31.2. The van der Waals surface area contributed by atoms with Gasteiger partial charge in [-0.1, -0.05) is 0 Å². The highest BCUT2D eigenvalue weighted by atomic mass is 31.2. The quantitative estimate of drug-likeness (QED) is 0.192. The number of aliphatic hydroxyl groups excluding tert-OH is 4. The summed E-state index contributed by atoms with van der Waals surface area (Å²) in [4.78, 5) is 43.7. The minimum Gasteiger partial charge on any atom is -0.477 e. The molecule has 1 aliphatic heterocycles. The maximum atomic E-state index is 11.1. The summed E-state index contributed by atoms with van der Waals surface area (Å²) in [6.45, 7) is 0.256. The Morgan fingerprint density at radius 2 is 1.77 bits per heavy atom. The molecule has 6 atom stereocenters. The maximum Gasteiger partial charge on any atom is 0.466 e. The number of aliphatic hydroxyl groups is 5. The zero-order valence-corrected chi connectivity index (χ0v) is 14.3. The first kappa shape index (κ1) is 24.8. The van der Waals surface area contributed by atoms with Crippen LogP contribution < -0.4 is 5.32 Å². The third-order valence-corrected chi connectivity index (χ3v) is 3.21. The highest BCUT2D eigenvalue weighted by Gasteiger charge is 2.53. The van der Waals surface area contributed by atoms with Gasteiger partial charge in [0, 0.05) is 13.3 Å². The van der Waals surface area contributed by atoms with Gasteiger partial charge in [-0.25, -0.2) is 9.36 Å². The average Bonchev–Trinajstić information content (AvgIpc) is 2.46. The van der Waals surface area contributed by atoms with E-state index in [1.54, 1.807) is 0 Å². The predicted molar refractivity (Wildman–Crippen MR) is 79.0 cm³/mol. The Morgan fingerprint density at radius 1 is 1.31 bits per heavy atom. The molecule has 0 bridgehead atoms. The molecule has 1 saturated heterocycles. The molecule has 0 aromatic carbocycles. The summed E-state index contributed by atoms with van der Waals surface area (Å²) in [5.74, 6) is -5.17. The van der Waals surface area contributed by atoms with Crippen molar-refractivity contribution in [2.45, 2.75) is 49.6 Å². The molecule has 15 heteroatoms. The SMILES string of the molecule is CC(=O)N[C@H]1[C@H]([C@H](O)[C@H](O)CO)OC(O)(C(=O)O)C[C@@H]1O.O=P(O)(O)O. The van der Waals surface area contributed by atoms with E-state index in [0.29, 0.717) is 0 Å². The third-order valence-electron chi connectivity index (χ3n) is 3.21. The van der Waals surface area contributed by atoms with Gasteiger partial charge in [-0.05, 0) is 0 Å². The summed E-state index contributed by atoms with van der Waals surface area (Å²) in [6.07, 6.45) is -7.48. The molecule has 1 unspecified atom stereocenters. The second-order valence-electron chi connectivity index (χ2n) is 5.42. The van der Waals surface area contributed by atoms with Crippen LogP contribution in [0.25, 0.3) is 0 Å². The zero-order valence-electron chi connectivity index (χ0n) is 13.4. The molecule has 0 saturated carbocycles. The van der Waals surface area contributed by atoms with Gasteiger partial charge in [-0.3, -0.25) is 4.79 Å². The lowest BCUT2D eigenvalue weighted by Gasteiger charge is -2.44. The van der Waals surface area contributed by atoms with Crippen molar-refractivity contribution in [3.8, 4) is 0 Å². The van der Waals surface area contributed by atoms with E-state index in [1.807, 2.05) is 0 Å². The molecular formula is C11H22NO13P. The van der Waals surface area contributed by atoms with Gasteiger partial charge in [0.1, 0.15) is 18.3 Å². The van der Waals surface area contributed by atoms with Gasteiger partial charge in [0.15, 0.2) is 0 Å². The minimum absolute atomic E-state index is 0.598. The standard InChI is InChI=1S/C11H19NO9.H3O4P/c1-4(14)12-7-5(15)2-11(20,10(18)19)21-9(7)8(17)6(16)3-13;1-5(2,3)4/h5-9,13,15-17,20H,2-3H2,1H3,(H,12,14)(H,18,19);(H3,1,2,3,4)/t5-,6+,7+,8+,9+,11?;/m0./s1. The van der Waals surface area contributed by atoms with Crippen LogP contribution in [-0.2, 0) is 18.9 Å². The number of ether oxygens (including phenoxy) is 1. The number of nitrogens with one attached hydrogen (secondary N) is 1. The Labute approximate surface area is 146 Å². The van der Waals surface area contributed by atoms with Crippen LogP contribution in [-0.4, -0.2) is 100 Å². The first-order valence-electron chi connectivity index (χ1n) is 6.96. The highest BCUT2D eigenvalue weighted by molar-refractivity contribution is 7.45. The number of phosphoric acid groups is 1. The van der Waals surface area contributed by atoms with Gasteiger partial charge in [0.25, 0.3) is 5.79 Å². The van der Waals surface area contributed by atoms with E-state index in [9.17, 15) is 30.0 Å². The molecule has 1 aliphatic rings. The molecule has 26 heavy (non-hydrogen) atoms. The van der Waals surface area contributed by atoms with Crippen molar-refractivity contribution in [1.29, 1.82) is 0 Å². The van der Waals surface area contributed by atoms with Crippen LogP contribution >= 0.6 is 7.82 Å². The van der Waals surface area contributed by atoms with E-state index in [-0.39, 0.29) is 0 Å². The molecule has 1 fully saturated rings. The van der Waals surface area contributed by atoms with Crippen molar-refractivity contribution in [3.05, 3.63) is 0 Å². The van der Waals surface area contributed by atoms with E-state index in [1.165, 1.54) is 0 Å². The summed E-state index contributed by atoms with van der Waals surface area (Å²) < 4.78 is 13.7. The minimum atomic E-state index is -4.64. The van der Waals surface area contributed by atoms with Gasteiger partial charge in [-0.15, -0.1) is 0 Å². The fraction of sp³-hybridized carbons (Fsp3) is 0.818. The van der Waals surface area contributed by atoms with Crippen molar-refractivity contribution in [2.24, 2.45) is 0 Å². The van der Waals surface area contributed by atoms with Crippen LogP contribution in [0.4, 0.5) is 0 Å². The van der Waals surface area contributed by atoms with Crippen LogP contribution in [0, 0.1) is 0 Å². The van der Waals surface area contributed by atoms with Crippen LogP contribution in [0.15, 0.2) is 0 Å². The zero-order chi connectivity index (χ0) is 20.9. The summed E-state index contributed by atoms with van der Waals surface area (Å²) >= 11 is 0. The number of rotatable bonds is 5. The molecule has 14 nitrogen and oxygen atoms in total. The number of carboxylic acids is 1. The predicted octanol–water partition coefficient (Wildman–Crippen LogP) is -4.80. The molecule has 0 radical (unpaired) electrons. The van der Waals surface area contributed by atoms with Gasteiger partial charge in [-0.2, -0.15) is 0 Å². The van der Waals surface area contributed by atoms with Crippen LogP contribution in [0.2, 0.25) is 0 Å². The van der Waals surface area contributed by atoms with Crippen molar-refractivity contribution >= 4 is 19.7 Å². The Kier molecular flexibility index (Phi) is 9.22. The molecule has 154 valence electrons. The molecule has 0 spiro atoms. The number of hydrogen-bond donors (Lipinski definition) is 10. The summed E-state index contributed by atoms with van der Waals surface area (Å²) in [6, 6.07) is -1.27. The number of aliphatic carboxylic acids is 1. The second kappa shape index (κ2) is 9.66. The lowest BCUT2D eigenvalue weighted by molar-refractivity contribution is -0.295.